The molecule has 2 amide bonds. The summed E-state index contributed by atoms with van der Waals surface area (Å²) in [6.45, 7) is 1.59. The number of carboxylic acids is 1. The van der Waals surface area contributed by atoms with E-state index in [0.717, 1.165) is 27.8 Å². The first-order chi connectivity index (χ1) is 17.3. The molecule has 0 aromatic heterocycles. The molecule has 0 heterocycles. The maximum absolute atomic E-state index is 12.9. The van der Waals surface area contributed by atoms with Crippen molar-refractivity contribution in [3.8, 4) is 11.1 Å². The molecule has 4 rings (SSSR count). The lowest BCUT2D eigenvalue weighted by Gasteiger charge is -2.25. The number of benzene rings is 3. The van der Waals surface area contributed by atoms with Crippen molar-refractivity contribution in [3.63, 3.8) is 0 Å². The molecule has 0 aliphatic heterocycles. The molecule has 3 atom stereocenters. The van der Waals surface area contributed by atoms with Crippen LogP contribution in [0.5, 0.6) is 0 Å². The first-order valence-corrected chi connectivity index (χ1v) is 11.8. The van der Waals surface area contributed by atoms with Gasteiger partial charge in [0.15, 0.2) is 0 Å². The number of carbonyl (C=O) groups excluding carboxylic acids is 2. The summed E-state index contributed by atoms with van der Waals surface area (Å²) in [6, 6.07) is 23.4. The van der Waals surface area contributed by atoms with Crippen molar-refractivity contribution in [2.24, 2.45) is 11.7 Å². The Morgan fingerprint density at radius 3 is 2.00 bits per heavy atom. The van der Waals surface area contributed by atoms with Crippen LogP contribution in [0.1, 0.15) is 29.5 Å². The molecule has 0 bridgehead atoms. The Morgan fingerprint density at radius 1 is 0.889 bits per heavy atom. The number of aliphatic carboxylic acids is 1. The van der Waals surface area contributed by atoms with Crippen molar-refractivity contribution in [3.05, 3.63) is 95.6 Å². The van der Waals surface area contributed by atoms with Gasteiger partial charge in [-0.2, -0.15) is 0 Å². The molecular formula is C28H29N3O5. The van der Waals surface area contributed by atoms with E-state index >= 15 is 0 Å². The summed E-state index contributed by atoms with van der Waals surface area (Å²) in [4.78, 5) is 37.9. The lowest BCUT2D eigenvalue weighted by Crippen LogP contribution is -2.56. The maximum Gasteiger partial charge on any atom is 0.407 e. The molecule has 8 nitrogen and oxygen atoms in total. The van der Waals surface area contributed by atoms with Crippen molar-refractivity contribution < 1.29 is 24.2 Å². The van der Waals surface area contributed by atoms with Crippen LogP contribution in [0.2, 0.25) is 0 Å². The van der Waals surface area contributed by atoms with Gasteiger partial charge in [-0.25, -0.2) is 4.79 Å². The highest BCUT2D eigenvalue weighted by Crippen LogP contribution is 2.44. The first kappa shape index (κ1) is 24.9. The first-order valence-electron chi connectivity index (χ1n) is 11.8. The van der Waals surface area contributed by atoms with E-state index in [2.05, 4.69) is 10.6 Å². The number of amides is 2. The highest BCUT2D eigenvalue weighted by Gasteiger charge is 2.36. The van der Waals surface area contributed by atoms with Crippen LogP contribution in [-0.2, 0) is 20.7 Å². The van der Waals surface area contributed by atoms with Crippen molar-refractivity contribution in [1.82, 2.24) is 10.6 Å². The Labute approximate surface area is 209 Å². The third kappa shape index (κ3) is 5.55. The van der Waals surface area contributed by atoms with E-state index in [1.165, 1.54) is 0 Å². The average molecular weight is 488 g/mol. The number of carboxylic acid groups (broad SMARTS) is 1. The molecule has 0 saturated heterocycles. The van der Waals surface area contributed by atoms with Crippen molar-refractivity contribution >= 4 is 18.0 Å². The number of rotatable bonds is 9. The highest BCUT2D eigenvalue weighted by atomic mass is 16.5. The van der Waals surface area contributed by atoms with Gasteiger partial charge in [0.2, 0.25) is 5.91 Å². The maximum atomic E-state index is 12.9. The van der Waals surface area contributed by atoms with Gasteiger partial charge in [-0.3, -0.25) is 9.59 Å². The molecule has 5 N–H and O–H groups in total. The number of fused-ring (bicyclic) bond motifs is 3. The largest absolute Gasteiger partial charge is 0.481 e. The van der Waals surface area contributed by atoms with Crippen LogP contribution in [0, 0.1) is 5.92 Å². The SMILES string of the molecule is C[C@H](N)NC(=O)[C@@H](NC(=O)OCC1c2ccccc2-c2ccccc21)C(Cc1ccccc1)C(=O)O. The molecule has 8 heteroatoms. The average Bonchev–Trinajstić information content (AvgIpc) is 3.18. The van der Waals surface area contributed by atoms with Gasteiger partial charge in [0.05, 0.1) is 12.1 Å². The predicted octanol–water partition coefficient (Wildman–Crippen LogP) is 3.26. The van der Waals surface area contributed by atoms with Crippen LogP contribution in [0.4, 0.5) is 4.79 Å². The van der Waals surface area contributed by atoms with E-state index in [-0.39, 0.29) is 18.9 Å². The number of alkyl carbamates (subject to hydrolysis) is 1. The Kier molecular flexibility index (Phi) is 7.65. The number of hydrogen-bond acceptors (Lipinski definition) is 5. The second-order valence-electron chi connectivity index (χ2n) is 8.88. The van der Waals surface area contributed by atoms with Crippen molar-refractivity contribution in [2.75, 3.05) is 6.61 Å². The summed E-state index contributed by atoms with van der Waals surface area (Å²) < 4.78 is 5.55. The number of hydrogen-bond donors (Lipinski definition) is 4. The number of nitrogens with one attached hydrogen (secondary N) is 2. The molecular weight excluding hydrogens is 458 g/mol. The minimum atomic E-state index is -1.38. The third-order valence-corrected chi connectivity index (χ3v) is 6.29. The smallest absolute Gasteiger partial charge is 0.407 e. The standard InChI is InChI=1S/C28H29N3O5/c1-17(29)30-26(32)25(23(27(33)34)15-18-9-3-2-4-10-18)31-28(35)36-16-24-21-13-7-5-11-19(21)20-12-6-8-14-22(20)24/h2-14,17,23-25H,15-16,29H2,1H3,(H,30,32)(H,31,35)(H,33,34)/t17-,23?,25+/m1/s1. The number of nitrogens with two attached hydrogens (primary N) is 1. The van der Waals surface area contributed by atoms with Gasteiger partial charge in [0.25, 0.3) is 0 Å². The van der Waals surface area contributed by atoms with E-state index < -0.39 is 36.1 Å². The van der Waals surface area contributed by atoms with Crippen LogP contribution in [0.25, 0.3) is 11.1 Å². The molecule has 3 aromatic carbocycles. The second kappa shape index (κ2) is 11.0. The van der Waals surface area contributed by atoms with Gasteiger partial charge in [-0.15, -0.1) is 0 Å². The summed E-state index contributed by atoms with van der Waals surface area (Å²) in [5.41, 5.74) is 10.7. The fourth-order valence-corrected chi connectivity index (χ4v) is 4.65. The highest BCUT2D eigenvalue weighted by molar-refractivity contribution is 5.90. The summed E-state index contributed by atoms with van der Waals surface area (Å²) in [6.07, 6.45) is -1.56. The molecule has 0 radical (unpaired) electrons. The van der Waals surface area contributed by atoms with Gasteiger partial charge in [-0.05, 0) is 41.2 Å². The topological polar surface area (TPSA) is 131 Å². The number of carbonyl (C=O) groups is 3. The monoisotopic (exact) mass is 487 g/mol. The van der Waals surface area contributed by atoms with Gasteiger partial charge < -0.3 is 26.2 Å². The van der Waals surface area contributed by atoms with Gasteiger partial charge in [0, 0.05) is 5.92 Å². The van der Waals surface area contributed by atoms with Crippen molar-refractivity contribution in [1.29, 1.82) is 0 Å². The Balaban J connectivity index is 1.51. The lowest BCUT2D eigenvalue weighted by molar-refractivity contribution is -0.145. The molecule has 3 aromatic rings. The minimum Gasteiger partial charge on any atom is -0.481 e. The normalized spacial score (nSPS) is 14.6. The minimum absolute atomic E-state index is 0.0386. The Morgan fingerprint density at radius 2 is 1.44 bits per heavy atom. The van der Waals surface area contributed by atoms with E-state index in [0.29, 0.717) is 0 Å². The lowest BCUT2D eigenvalue weighted by atomic mass is 9.91. The zero-order valence-electron chi connectivity index (χ0n) is 19.9. The van der Waals surface area contributed by atoms with E-state index in [4.69, 9.17) is 10.5 Å². The van der Waals surface area contributed by atoms with E-state index in [1.807, 2.05) is 54.6 Å². The van der Waals surface area contributed by atoms with Crippen LogP contribution in [0.15, 0.2) is 78.9 Å². The van der Waals surface area contributed by atoms with Gasteiger partial charge in [0.1, 0.15) is 12.6 Å². The molecule has 1 unspecified atom stereocenters. The zero-order valence-corrected chi connectivity index (χ0v) is 19.9. The molecule has 186 valence electrons. The predicted molar refractivity (Wildman–Crippen MR) is 135 cm³/mol. The molecule has 0 fully saturated rings. The number of ether oxygens (including phenoxy) is 1. The van der Waals surface area contributed by atoms with Gasteiger partial charge in [-0.1, -0.05) is 78.9 Å². The molecule has 0 saturated carbocycles. The van der Waals surface area contributed by atoms with Crippen molar-refractivity contribution in [2.45, 2.75) is 31.5 Å². The molecule has 0 spiro atoms. The summed E-state index contributed by atoms with van der Waals surface area (Å²) in [7, 11) is 0. The summed E-state index contributed by atoms with van der Waals surface area (Å²) >= 11 is 0. The summed E-state index contributed by atoms with van der Waals surface area (Å²) in [5.74, 6) is -3.31. The Bertz CT molecular complexity index is 1200. The Hall–Kier alpha value is -4.17. The van der Waals surface area contributed by atoms with Crippen LogP contribution in [0.3, 0.4) is 0 Å². The van der Waals surface area contributed by atoms with Gasteiger partial charge >= 0.3 is 12.1 Å². The fourth-order valence-electron chi connectivity index (χ4n) is 4.65. The van der Waals surface area contributed by atoms with E-state index in [1.54, 1.807) is 31.2 Å². The summed E-state index contributed by atoms with van der Waals surface area (Å²) in [5, 5.41) is 14.9. The van der Waals surface area contributed by atoms with Crippen LogP contribution in [-0.4, -0.2) is 41.9 Å². The van der Waals surface area contributed by atoms with E-state index in [9.17, 15) is 19.5 Å². The van der Waals surface area contributed by atoms with Crippen LogP contribution < -0.4 is 16.4 Å². The quantitative estimate of drug-likeness (QED) is 0.343. The zero-order chi connectivity index (χ0) is 25.7. The molecule has 36 heavy (non-hydrogen) atoms. The third-order valence-electron chi connectivity index (χ3n) is 6.29. The van der Waals surface area contributed by atoms with Crippen LogP contribution >= 0.6 is 0 Å². The second-order valence-corrected chi connectivity index (χ2v) is 8.88. The fraction of sp³-hybridized carbons (Fsp3) is 0.250. The molecule has 1 aliphatic carbocycles. The molecule has 1 aliphatic rings.